The SMILES string of the molecule is COC(=O)C(O)n1cc([C@@H]2O[C@H](COC(C)=O)C(OC(C)=O)C2OC(C)=O)c(=O)[nH]c1=O. The summed E-state index contributed by atoms with van der Waals surface area (Å²) in [5.74, 6) is -3.45. The van der Waals surface area contributed by atoms with Gasteiger partial charge in [0.1, 0.15) is 18.8 Å². The lowest BCUT2D eigenvalue weighted by atomic mass is 10.0. The van der Waals surface area contributed by atoms with E-state index in [2.05, 4.69) is 4.74 Å². The minimum absolute atomic E-state index is 0.346. The number of hydrogen-bond acceptors (Lipinski definition) is 12. The summed E-state index contributed by atoms with van der Waals surface area (Å²) in [6.45, 7) is 2.86. The Kier molecular flexibility index (Phi) is 7.88. The number of aliphatic hydroxyl groups is 1. The minimum Gasteiger partial charge on any atom is -0.466 e. The molecule has 176 valence electrons. The molecule has 0 bridgehead atoms. The van der Waals surface area contributed by atoms with Crippen LogP contribution in [0.15, 0.2) is 15.8 Å². The van der Waals surface area contributed by atoms with Gasteiger partial charge in [0, 0.05) is 27.0 Å². The second kappa shape index (κ2) is 10.2. The molecule has 0 spiro atoms. The van der Waals surface area contributed by atoms with Gasteiger partial charge in [-0.3, -0.25) is 28.7 Å². The second-order valence-electron chi connectivity index (χ2n) is 6.69. The number of H-pyrrole nitrogens is 1. The maximum Gasteiger partial charge on any atom is 0.356 e. The minimum atomic E-state index is -2.10. The molecule has 2 rings (SSSR count). The van der Waals surface area contributed by atoms with Gasteiger partial charge in [-0.2, -0.15) is 0 Å². The summed E-state index contributed by atoms with van der Waals surface area (Å²) in [7, 11) is 0.976. The molecule has 1 aliphatic rings. The molecule has 32 heavy (non-hydrogen) atoms. The van der Waals surface area contributed by atoms with Crippen molar-refractivity contribution in [3.05, 3.63) is 32.6 Å². The van der Waals surface area contributed by atoms with Gasteiger partial charge in [0.2, 0.25) is 6.23 Å². The lowest BCUT2D eigenvalue weighted by Gasteiger charge is -2.23. The van der Waals surface area contributed by atoms with Gasteiger partial charge in [-0.1, -0.05) is 0 Å². The van der Waals surface area contributed by atoms with E-state index >= 15 is 0 Å². The van der Waals surface area contributed by atoms with Crippen LogP contribution in [0.2, 0.25) is 0 Å². The molecular formula is C18H22N2O12. The highest BCUT2D eigenvalue weighted by Gasteiger charge is 2.51. The number of aliphatic hydroxyl groups excluding tert-OH is 1. The summed E-state index contributed by atoms with van der Waals surface area (Å²) in [6, 6.07) is 0. The lowest BCUT2D eigenvalue weighted by molar-refractivity contribution is -0.165. The first-order chi connectivity index (χ1) is 15.0. The van der Waals surface area contributed by atoms with Crippen molar-refractivity contribution in [1.82, 2.24) is 9.55 Å². The molecule has 2 heterocycles. The number of nitrogens with zero attached hydrogens (tertiary/aromatic N) is 1. The number of carbonyl (C=O) groups is 4. The molecule has 0 amide bonds. The molecule has 0 aliphatic carbocycles. The molecule has 14 nitrogen and oxygen atoms in total. The van der Waals surface area contributed by atoms with Crippen LogP contribution in [0.1, 0.15) is 38.7 Å². The highest BCUT2D eigenvalue weighted by atomic mass is 16.6. The van der Waals surface area contributed by atoms with Crippen LogP contribution in [0.25, 0.3) is 0 Å². The molecular weight excluding hydrogens is 436 g/mol. The lowest BCUT2D eigenvalue weighted by Crippen LogP contribution is -2.41. The van der Waals surface area contributed by atoms with Crippen LogP contribution in [0.4, 0.5) is 0 Å². The normalized spacial score (nSPS) is 23.2. The van der Waals surface area contributed by atoms with Gasteiger partial charge >= 0.3 is 29.6 Å². The molecule has 1 fully saturated rings. The third-order valence-electron chi connectivity index (χ3n) is 4.34. The molecule has 5 atom stereocenters. The van der Waals surface area contributed by atoms with Crippen LogP contribution in [-0.4, -0.2) is 70.6 Å². The number of esters is 4. The third kappa shape index (κ3) is 5.59. The summed E-state index contributed by atoms with van der Waals surface area (Å²) < 4.78 is 25.8. The summed E-state index contributed by atoms with van der Waals surface area (Å²) in [4.78, 5) is 72.6. The summed E-state index contributed by atoms with van der Waals surface area (Å²) in [6.07, 6.45) is -6.53. The van der Waals surface area contributed by atoms with E-state index in [4.69, 9.17) is 18.9 Å². The zero-order valence-electron chi connectivity index (χ0n) is 17.6. The smallest absolute Gasteiger partial charge is 0.356 e. The first kappa shape index (κ1) is 24.7. The Morgan fingerprint density at radius 3 is 2.22 bits per heavy atom. The number of methoxy groups -OCH3 is 1. The fourth-order valence-electron chi connectivity index (χ4n) is 3.07. The topological polar surface area (TPSA) is 190 Å². The molecule has 1 saturated heterocycles. The fourth-order valence-corrected chi connectivity index (χ4v) is 3.07. The number of aromatic nitrogens is 2. The van der Waals surface area contributed by atoms with Crippen molar-refractivity contribution in [2.75, 3.05) is 13.7 Å². The van der Waals surface area contributed by atoms with Crippen LogP contribution in [-0.2, 0) is 42.9 Å². The van der Waals surface area contributed by atoms with Gasteiger partial charge in [-0.25, -0.2) is 9.59 Å². The van der Waals surface area contributed by atoms with Crippen LogP contribution < -0.4 is 11.2 Å². The van der Waals surface area contributed by atoms with Crippen molar-refractivity contribution >= 4 is 23.9 Å². The third-order valence-corrected chi connectivity index (χ3v) is 4.34. The molecule has 0 radical (unpaired) electrons. The molecule has 1 aromatic heterocycles. The van der Waals surface area contributed by atoms with Crippen molar-refractivity contribution < 1.29 is 48.0 Å². The van der Waals surface area contributed by atoms with Crippen molar-refractivity contribution in [2.45, 2.75) is 51.4 Å². The Labute approximate surface area is 180 Å². The largest absolute Gasteiger partial charge is 0.466 e. The number of rotatable bonds is 7. The Bertz CT molecular complexity index is 1010. The summed E-state index contributed by atoms with van der Waals surface area (Å²) in [5.41, 5.74) is -2.46. The summed E-state index contributed by atoms with van der Waals surface area (Å²) >= 11 is 0. The van der Waals surface area contributed by atoms with E-state index in [0.29, 0.717) is 4.57 Å². The Morgan fingerprint density at radius 1 is 1.09 bits per heavy atom. The van der Waals surface area contributed by atoms with Crippen LogP contribution in [0, 0.1) is 0 Å². The molecule has 3 unspecified atom stereocenters. The van der Waals surface area contributed by atoms with E-state index < -0.39 is 72.4 Å². The first-order valence-corrected chi connectivity index (χ1v) is 9.20. The Hall–Kier alpha value is -3.52. The predicted molar refractivity (Wildman–Crippen MR) is 99.9 cm³/mol. The quantitative estimate of drug-likeness (QED) is 0.340. The molecule has 0 saturated carbocycles. The molecule has 2 N–H and O–H groups in total. The second-order valence-corrected chi connectivity index (χ2v) is 6.69. The van der Waals surface area contributed by atoms with Gasteiger partial charge in [-0.15, -0.1) is 0 Å². The van der Waals surface area contributed by atoms with Crippen molar-refractivity contribution in [3.8, 4) is 0 Å². The molecule has 14 heteroatoms. The van der Waals surface area contributed by atoms with Crippen LogP contribution in [0.3, 0.4) is 0 Å². The van der Waals surface area contributed by atoms with E-state index in [1.165, 1.54) is 0 Å². The Balaban J connectivity index is 2.56. The van der Waals surface area contributed by atoms with E-state index in [9.17, 15) is 33.9 Å². The van der Waals surface area contributed by atoms with Gasteiger partial charge < -0.3 is 28.8 Å². The van der Waals surface area contributed by atoms with Crippen molar-refractivity contribution in [3.63, 3.8) is 0 Å². The number of nitrogens with one attached hydrogen (secondary N) is 1. The number of ether oxygens (including phenoxy) is 5. The fraction of sp³-hybridized carbons (Fsp3) is 0.556. The standard InChI is InChI=1S/C18H22N2O12/c1-7(21)29-6-11-13(30-8(2)22)14(31-9(3)23)12(32-11)10-5-20(16(25)17(26)28-4)18(27)19-15(10)24/h5,11-14,16,25H,6H2,1-4H3,(H,19,24,27)/t11-,12+,13?,14?,16?/m1/s1. The van der Waals surface area contributed by atoms with Crippen molar-refractivity contribution in [1.29, 1.82) is 0 Å². The average Bonchev–Trinajstić information content (AvgIpc) is 3.01. The molecule has 1 aromatic rings. The van der Waals surface area contributed by atoms with E-state index in [1.807, 2.05) is 4.98 Å². The van der Waals surface area contributed by atoms with Crippen LogP contribution in [0.5, 0.6) is 0 Å². The highest BCUT2D eigenvalue weighted by Crippen LogP contribution is 2.36. The van der Waals surface area contributed by atoms with E-state index in [-0.39, 0.29) is 5.56 Å². The van der Waals surface area contributed by atoms with Gasteiger partial charge in [0.05, 0.1) is 12.7 Å². The van der Waals surface area contributed by atoms with Gasteiger partial charge in [0.15, 0.2) is 12.2 Å². The van der Waals surface area contributed by atoms with E-state index in [0.717, 1.165) is 34.1 Å². The number of aromatic amines is 1. The van der Waals surface area contributed by atoms with Crippen LogP contribution >= 0.6 is 0 Å². The summed E-state index contributed by atoms with van der Waals surface area (Å²) in [5, 5.41) is 10.0. The van der Waals surface area contributed by atoms with Gasteiger partial charge in [0.25, 0.3) is 5.56 Å². The predicted octanol–water partition coefficient (Wildman–Crippen LogP) is -1.93. The first-order valence-electron chi connectivity index (χ1n) is 9.20. The number of carbonyl (C=O) groups excluding carboxylic acids is 4. The number of hydrogen-bond donors (Lipinski definition) is 2. The Morgan fingerprint density at radius 2 is 1.69 bits per heavy atom. The monoisotopic (exact) mass is 458 g/mol. The molecule has 0 aromatic carbocycles. The molecule has 1 aliphatic heterocycles. The van der Waals surface area contributed by atoms with E-state index in [1.54, 1.807) is 0 Å². The average molecular weight is 458 g/mol. The highest BCUT2D eigenvalue weighted by molar-refractivity contribution is 5.72. The zero-order chi connectivity index (χ0) is 24.2. The van der Waals surface area contributed by atoms with Gasteiger partial charge in [-0.05, 0) is 0 Å². The van der Waals surface area contributed by atoms with Crippen molar-refractivity contribution in [2.24, 2.45) is 0 Å². The maximum atomic E-state index is 12.5. The zero-order valence-corrected chi connectivity index (χ0v) is 17.6. The maximum absolute atomic E-state index is 12.5.